The lowest BCUT2D eigenvalue weighted by Gasteiger charge is -2.12. The molecule has 0 amide bonds. The van der Waals surface area contributed by atoms with E-state index in [0.29, 0.717) is 12.0 Å². The Morgan fingerprint density at radius 1 is 1.28 bits per heavy atom. The summed E-state index contributed by atoms with van der Waals surface area (Å²) < 4.78 is 13.8. The summed E-state index contributed by atoms with van der Waals surface area (Å²) in [6.45, 7) is 1.96. The van der Waals surface area contributed by atoms with Gasteiger partial charge in [-0.3, -0.25) is 4.98 Å². The predicted molar refractivity (Wildman–Crippen MR) is 72.7 cm³/mol. The average molecular weight is 284 g/mol. The molecule has 0 fully saturated rings. The number of aromatic nitrogens is 1. The molecule has 1 heterocycles. The molecular formula is C14H12Cl2FN. The molecule has 0 N–H and O–H groups in total. The fraction of sp³-hybridized carbons (Fsp3) is 0.214. The van der Waals surface area contributed by atoms with Gasteiger partial charge in [0.2, 0.25) is 0 Å². The number of alkyl halides is 1. The van der Waals surface area contributed by atoms with Crippen molar-refractivity contribution in [3.05, 3.63) is 64.2 Å². The first kappa shape index (κ1) is 13.3. The van der Waals surface area contributed by atoms with Crippen LogP contribution in [0.5, 0.6) is 0 Å². The van der Waals surface area contributed by atoms with E-state index >= 15 is 0 Å². The number of halogens is 3. The Balaban J connectivity index is 2.25. The van der Waals surface area contributed by atoms with Crippen LogP contribution in [0.1, 0.15) is 22.2 Å². The first-order chi connectivity index (χ1) is 8.59. The number of benzene rings is 1. The summed E-state index contributed by atoms with van der Waals surface area (Å²) in [5, 5.41) is -0.381. The lowest BCUT2D eigenvalue weighted by Crippen LogP contribution is -2.02. The van der Waals surface area contributed by atoms with Crippen LogP contribution in [0.2, 0.25) is 5.02 Å². The number of aryl methyl sites for hydroxylation is 1. The van der Waals surface area contributed by atoms with Gasteiger partial charge in [-0.1, -0.05) is 29.8 Å². The van der Waals surface area contributed by atoms with E-state index in [9.17, 15) is 4.39 Å². The molecule has 0 saturated carbocycles. The van der Waals surface area contributed by atoms with E-state index in [-0.39, 0.29) is 5.02 Å². The highest BCUT2D eigenvalue weighted by atomic mass is 35.5. The molecule has 0 radical (unpaired) electrons. The van der Waals surface area contributed by atoms with Crippen LogP contribution in [0.3, 0.4) is 0 Å². The summed E-state index contributed by atoms with van der Waals surface area (Å²) in [4.78, 5) is 4.26. The molecule has 1 atom stereocenters. The molecule has 0 bridgehead atoms. The SMILES string of the molecule is Cc1cccnc1CC(Cl)c1cccc(Cl)c1F. The average Bonchev–Trinajstić information content (AvgIpc) is 2.35. The van der Waals surface area contributed by atoms with Crippen LogP contribution < -0.4 is 0 Å². The maximum Gasteiger partial charge on any atom is 0.146 e. The highest BCUT2D eigenvalue weighted by Gasteiger charge is 2.16. The third kappa shape index (κ3) is 2.82. The third-order valence-corrected chi connectivity index (χ3v) is 3.49. The van der Waals surface area contributed by atoms with E-state index in [4.69, 9.17) is 23.2 Å². The second-order valence-corrected chi connectivity index (χ2v) is 5.02. The van der Waals surface area contributed by atoms with Gasteiger partial charge in [0.05, 0.1) is 10.4 Å². The van der Waals surface area contributed by atoms with E-state index in [1.54, 1.807) is 18.3 Å². The van der Waals surface area contributed by atoms with Gasteiger partial charge >= 0.3 is 0 Å². The fourth-order valence-electron chi connectivity index (χ4n) is 1.77. The standard InChI is InChI=1S/C14H12Cl2FN/c1-9-4-3-7-18-13(9)8-12(16)10-5-2-6-11(15)14(10)17/h2-7,12H,8H2,1H3. The molecule has 94 valence electrons. The number of pyridine rings is 1. The molecule has 0 spiro atoms. The number of hydrogen-bond donors (Lipinski definition) is 0. The lowest BCUT2D eigenvalue weighted by atomic mass is 10.0. The fourth-order valence-corrected chi connectivity index (χ4v) is 2.27. The van der Waals surface area contributed by atoms with E-state index in [2.05, 4.69) is 4.98 Å². The lowest BCUT2D eigenvalue weighted by molar-refractivity contribution is 0.605. The molecule has 1 nitrogen and oxygen atoms in total. The van der Waals surface area contributed by atoms with Crippen LogP contribution in [0, 0.1) is 12.7 Å². The molecule has 2 aromatic rings. The van der Waals surface area contributed by atoms with Crippen LogP contribution in [-0.4, -0.2) is 4.98 Å². The van der Waals surface area contributed by atoms with E-state index in [1.807, 2.05) is 19.1 Å². The van der Waals surface area contributed by atoms with Crippen molar-refractivity contribution in [2.24, 2.45) is 0 Å². The Labute approximate surface area is 116 Å². The first-order valence-electron chi connectivity index (χ1n) is 5.58. The molecule has 0 aliphatic rings. The number of nitrogens with zero attached hydrogens (tertiary/aromatic N) is 1. The van der Waals surface area contributed by atoms with Crippen molar-refractivity contribution >= 4 is 23.2 Å². The van der Waals surface area contributed by atoms with Gasteiger partial charge in [-0.05, 0) is 24.6 Å². The van der Waals surface area contributed by atoms with Gasteiger partial charge in [0.1, 0.15) is 5.82 Å². The second-order valence-electron chi connectivity index (χ2n) is 4.08. The van der Waals surface area contributed by atoms with Crippen molar-refractivity contribution in [1.82, 2.24) is 4.98 Å². The summed E-state index contributed by atoms with van der Waals surface area (Å²) in [6.07, 6.45) is 2.19. The molecule has 1 aromatic carbocycles. The van der Waals surface area contributed by atoms with Crippen LogP contribution in [0.4, 0.5) is 4.39 Å². The first-order valence-corrected chi connectivity index (χ1v) is 6.39. The Kier molecular flexibility index (Phi) is 4.20. The minimum absolute atomic E-state index is 0.0934. The van der Waals surface area contributed by atoms with Gasteiger partial charge in [0, 0.05) is 23.9 Å². The van der Waals surface area contributed by atoms with Crippen molar-refractivity contribution in [2.75, 3.05) is 0 Å². The van der Waals surface area contributed by atoms with Gasteiger partial charge in [-0.15, -0.1) is 11.6 Å². The van der Waals surface area contributed by atoms with Crippen molar-refractivity contribution in [3.63, 3.8) is 0 Å². The van der Waals surface area contributed by atoms with E-state index < -0.39 is 11.2 Å². The highest BCUT2D eigenvalue weighted by molar-refractivity contribution is 6.31. The van der Waals surface area contributed by atoms with Gasteiger partial charge in [0.25, 0.3) is 0 Å². The van der Waals surface area contributed by atoms with Gasteiger partial charge in [-0.2, -0.15) is 0 Å². The number of rotatable bonds is 3. The van der Waals surface area contributed by atoms with Crippen LogP contribution >= 0.6 is 23.2 Å². The summed E-state index contributed by atoms with van der Waals surface area (Å²) in [6, 6.07) is 8.68. The normalized spacial score (nSPS) is 12.4. The summed E-state index contributed by atoms with van der Waals surface area (Å²) in [5.74, 6) is -0.451. The zero-order valence-corrected chi connectivity index (χ0v) is 11.3. The minimum atomic E-state index is -0.475. The third-order valence-electron chi connectivity index (χ3n) is 2.81. The summed E-state index contributed by atoms with van der Waals surface area (Å²) >= 11 is 12.0. The van der Waals surface area contributed by atoms with Crippen molar-refractivity contribution in [3.8, 4) is 0 Å². The Hall–Kier alpha value is -1.12. The molecule has 0 aliphatic carbocycles. The molecule has 1 aromatic heterocycles. The zero-order chi connectivity index (χ0) is 13.1. The monoisotopic (exact) mass is 283 g/mol. The summed E-state index contributed by atoms with van der Waals surface area (Å²) in [5.41, 5.74) is 2.33. The van der Waals surface area contributed by atoms with Gasteiger partial charge in [-0.25, -0.2) is 4.39 Å². The van der Waals surface area contributed by atoms with Crippen LogP contribution in [-0.2, 0) is 6.42 Å². The molecule has 4 heteroatoms. The van der Waals surface area contributed by atoms with Gasteiger partial charge < -0.3 is 0 Å². The van der Waals surface area contributed by atoms with Crippen LogP contribution in [0.25, 0.3) is 0 Å². The predicted octanol–water partition coefficient (Wildman–Crippen LogP) is 4.71. The maximum atomic E-state index is 13.8. The smallest absolute Gasteiger partial charge is 0.146 e. The minimum Gasteiger partial charge on any atom is -0.261 e. The topological polar surface area (TPSA) is 12.9 Å². The summed E-state index contributed by atoms with van der Waals surface area (Å²) in [7, 11) is 0. The van der Waals surface area contributed by atoms with Crippen LogP contribution in [0.15, 0.2) is 36.5 Å². The van der Waals surface area contributed by atoms with Crippen molar-refractivity contribution in [2.45, 2.75) is 18.7 Å². The largest absolute Gasteiger partial charge is 0.261 e. The molecule has 1 unspecified atom stereocenters. The molecule has 0 saturated heterocycles. The van der Waals surface area contributed by atoms with Gasteiger partial charge in [0.15, 0.2) is 0 Å². The van der Waals surface area contributed by atoms with E-state index in [1.165, 1.54) is 6.07 Å². The molecule has 0 aliphatic heterocycles. The Morgan fingerprint density at radius 2 is 2.06 bits per heavy atom. The molecule has 18 heavy (non-hydrogen) atoms. The molecular weight excluding hydrogens is 272 g/mol. The second kappa shape index (κ2) is 5.68. The number of hydrogen-bond acceptors (Lipinski definition) is 1. The maximum absolute atomic E-state index is 13.8. The highest BCUT2D eigenvalue weighted by Crippen LogP contribution is 2.30. The van der Waals surface area contributed by atoms with Crippen molar-refractivity contribution in [1.29, 1.82) is 0 Å². The quantitative estimate of drug-likeness (QED) is 0.744. The Morgan fingerprint density at radius 3 is 2.78 bits per heavy atom. The Bertz CT molecular complexity index is 557. The zero-order valence-electron chi connectivity index (χ0n) is 9.83. The van der Waals surface area contributed by atoms with Crippen molar-refractivity contribution < 1.29 is 4.39 Å². The molecule has 2 rings (SSSR count). The van der Waals surface area contributed by atoms with E-state index in [0.717, 1.165) is 11.3 Å².